The van der Waals surface area contributed by atoms with E-state index in [-0.39, 0.29) is 12.5 Å². The van der Waals surface area contributed by atoms with Gasteiger partial charge in [-0.2, -0.15) is 0 Å². The van der Waals surface area contributed by atoms with Crippen molar-refractivity contribution in [2.45, 2.75) is 12.5 Å². The standard InChI is InChI=1S/C21H18N4O3S/c1-13-6-8-14(9-7-13)15-4-2-3-5-16(15)17(26)23-12-21(19-22-10-11-29-19)18(27)24-20(28)25-21/h2-11H,12H2,1H3,(H,23,26)(H2,24,25,27,28). The molecular weight excluding hydrogens is 388 g/mol. The summed E-state index contributed by atoms with van der Waals surface area (Å²) in [6.07, 6.45) is 1.55. The van der Waals surface area contributed by atoms with Gasteiger partial charge in [0.1, 0.15) is 5.01 Å². The van der Waals surface area contributed by atoms with Crippen molar-refractivity contribution in [1.82, 2.24) is 20.9 Å². The van der Waals surface area contributed by atoms with Crippen LogP contribution >= 0.6 is 11.3 Å². The molecule has 1 fully saturated rings. The minimum Gasteiger partial charge on any atom is -0.349 e. The molecule has 146 valence electrons. The number of imide groups is 1. The molecule has 0 radical (unpaired) electrons. The number of thiazole rings is 1. The Labute approximate surface area is 171 Å². The Hall–Kier alpha value is -3.52. The first-order chi connectivity index (χ1) is 14.0. The number of nitrogens with one attached hydrogen (secondary N) is 3. The third kappa shape index (κ3) is 3.50. The lowest BCUT2D eigenvalue weighted by atomic mass is 9.97. The molecular formula is C21H18N4O3S. The molecule has 1 unspecified atom stereocenters. The SMILES string of the molecule is Cc1ccc(-c2ccccc2C(=O)NCC2(c3nccs3)NC(=O)NC2=O)cc1. The zero-order valence-corrected chi connectivity index (χ0v) is 16.4. The van der Waals surface area contributed by atoms with Crippen LogP contribution in [0.2, 0.25) is 0 Å². The van der Waals surface area contributed by atoms with E-state index in [1.54, 1.807) is 23.7 Å². The maximum absolute atomic E-state index is 13.0. The van der Waals surface area contributed by atoms with Crippen LogP contribution in [0.15, 0.2) is 60.1 Å². The van der Waals surface area contributed by atoms with Gasteiger partial charge < -0.3 is 10.6 Å². The van der Waals surface area contributed by atoms with Gasteiger partial charge in [-0.15, -0.1) is 11.3 Å². The van der Waals surface area contributed by atoms with E-state index in [1.165, 1.54) is 11.3 Å². The fourth-order valence-corrected chi connectivity index (χ4v) is 4.04. The van der Waals surface area contributed by atoms with Crippen molar-refractivity contribution in [2.75, 3.05) is 6.54 Å². The number of hydrogen-bond donors (Lipinski definition) is 3. The molecule has 1 atom stereocenters. The van der Waals surface area contributed by atoms with Crippen molar-refractivity contribution in [2.24, 2.45) is 0 Å². The normalized spacial score (nSPS) is 18.2. The molecule has 2 heterocycles. The molecule has 29 heavy (non-hydrogen) atoms. The molecule has 1 aliphatic rings. The van der Waals surface area contributed by atoms with E-state index in [4.69, 9.17) is 0 Å². The first-order valence-corrected chi connectivity index (χ1v) is 9.85. The topological polar surface area (TPSA) is 100 Å². The van der Waals surface area contributed by atoms with Crippen LogP contribution in [0.25, 0.3) is 11.1 Å². The Morgan fingerprint density at radius 3 is 2.55 bits per heavy atom. The van der Waals surface area contributed by atoms with Crippen molar-refractivity contribution in [3.05, 3.63) is 76.2 Å². The molecule has 1 saturated heterocycles. The number of aryl methyl sites for hydroxylation is 1. The molecule has 1 aromatic heterocycles. The molecule has 3 N–H and O–H groups in total. The van der Waals surface area contributed by atoms with E-state index in [1.807, 2.05) is 43.3 Å². The number of urea groups is 1. The lowest BCUT2D eigenvalue weighted by Gasteiger charge is -2.24. The lowest BCUT2D eigenvalue weighted by Crippen LogP contribution is -2.52. The van der Waals surface area contributed by atoms with Gasteiger partial charge in [0.25, 0.3) is 11.8 Å². The molecule has 3 aromatic rings. The van der Waals surface area contributed by atoms with E-state index >= 15 is 0 Å². The summed E-state index contributed by atoms with van der Waals surface area (Å²) in [7, 11) is 0. The molecule has 0 spiro atoms. The van der Waals surface area contributed by atoms with Crippen LogP contribution < -0.4 is 16.0 Å². The second-order valence-corrected chi connectivity index (χ2v) is 7.64. The summed E-state index contributed by atoms with van der Waals surface area (Å²) in [5.74, 6) is -0.879. The van der Waals surface area contributed by atoms with Gasteiger partial charge in [0.15, 0.2) is 5.54 Å². The first-order valence-electron chi connectivity index (χ1n) is 8.97. The van der Waals surface area contributed by atoms with Crippen LogP contribution in [0, 0.1) is 6.92 Å². The second-order valence-electron chi connectivity index (χ2n) is 6.75. The van der Waals surface area contributed by atoms with Gasteiger partial charge in [0.05, 0.1) is 6.54 Å². The van der Waals surface area contributed by atoms with Gasteiger partial charge in [-0.1, -0.05) is 48.0 Å². The van der Waals surface area contributed by atoms with E-state index in [0.29, 0.717) is 10.6 Å². The van der Waals surface area contributed by atoms with Crippen LogP contribution in [0.4, 0.5) is 4.79 Å². The average Bonchev–Trinajstić information content (AvgIpc) is 3.35. The molecule has 0 aliphatic carbocycles. The molecule has 4 rings (SSSR count). The Morgan fingerprint density at radius 1 is 1.14 bits per heavy atom. The van der Waals surface area contributed by atoms with Gasteiger partial charge in [0.2, 0.25) is 0 Å². The third-order valence-electron chi connectivity index (χ3n) is 4.79. The van der Waals surface area contributed by atoms with Crippen LogP contribution in [0.5, 0.6) is 0 Å². The number of carbonyl (C=O) groups excluding carboxylic acids is 3. The molecule has 0 saturated carbocycles. The number of rotatable bonds is 5. The Balaban J connectivity index is 1.61. The Morgan fingerprint density at radius 2 is 1.90 bits per heavy atom. The fraction of sp³-hybridized carbons (Fsp3) is 0.143. The van der Waals surface area contributed by atoms with Crippen molar-refractivity contribution in [3.63, 3.8) is 0 Å². The van der Waals surface area contributed by atoms with Crippen molar-refractivity contribution >= 4 is 29.2 Å². The van der Waals surface area contributed by atoms with Gasteiger partial charge in [-0.3, -0.25) is 14.9 Å². The minimum absolute atomic E-state index is 0.112. The summed E-state index contributed by atoms with van der Waals surface area (Å²) in [5.41, 5.74) is 1.90. The van der Waals surface area contributed by atoms with E-state index in [9.17, 15) is 14.4 Å². The summed E-state index contributed by atoms with van der Waals surface area (Å²) in [6, 6.07) is 14.5. The highest BCUT2D eigenvalue weighted by Crippen LogP contribution is 2.27. The molecule has 7 nitrogen and oxygen atoms in total. The van der Waals surface area contributed by atoms with Crippen molar-refractivity contribution in [3.8, 4) is 11.1 Å². The zero-order valence-electron chi connectivity index (χ0n) is 15.6. The highest BCUT2D eigenvalue weighted by atomic mass is 32.1. The van der Waals surface area contributed by atoms with Gasteiger partial charge in [-0.05, 0) is 24.1 Å². The lowest BCUT2D eigenvalue weighted by molar-refractivity contribution is -0.124. The van der Waals surface area contributed by atoms with Crippen molar-refractivity contribution < 1.29 is 14.4 Å². The smallest absolute Gasteiger partial charge is 0.322 e. The Bertz CT molecular complexity index is 1080. The average molecular weight is 406 g/mol. The molecule has 1 aliphatic heterocycles. The van der Waals surface area contributed by atoms with E-state index in [0.717, 1.165) is 16.7 Å². The summed E-state index contributed by atoms with van der Waals surface area (Å²) < 4.78 is 0. The predicted molar refractivity (Wildman–Crippen MR) is 109 cm³/mol. The highest BCUT2D eigenvalue weighted by molar-refractivity contribution is 7.09. The van der Waals surface area contributed by atoms with Crippen molar-refractivity contribution in [1.29, 1.82) is 0 Å². The number of hydrogen-bond acceptors (Lipinski definition) is 5. The zero-order chi connectivity index (χ0) is 20.4. The molecule has 2 aromatic carbocycles. The number of amides is 4. The number of aromatic nitrogens is 1. The van der Waals surface area contributed by atoms with Crippen LogP contribution in [-0.2, 0) is 10.3 Å². The summed E-state index contributed by atoms with van der Waals surface area (Å²) in [5, 5.41) is 9.76. The molecule has 8 heteroatoms. The maximum atomic E-state index is 13.0. The summed E-state index contributed by atoms with van der Waals surface area (Å²) in [4.78, 5) is 41.4. The summed E-state index contributed by atoms with van der Waals surface area (Å²) in [6.45, 7) is 1.89. The molecule has 0 bridgehead atoms. The number of nitrogens with zero attached hydrogens (tertiary/aromatic N) is 1. The minimum atomic E-state index is -1.42. The van der Waals surface area contributed by atoms with Gasteiger partial charge in [0, 0.05) is 17.1 Å². The van der Waals surface area contributed by atoms with E-state index < -0.39 is 17.5 Å². The van der Waals surface area contributed by atoms with Crippen LogP contribution in [0.1, 0.15) is 20.9 Å². The number of carbonyl (C=O) groups is 3. The van der Waals surface area contributed by atoms with Gasteiger partial charge >= 0.3 is 6.03 Å². The monoisotopic (exact) mass is 406 g/mol. The van der Waals surface area contributed by atoms with E-state index in [2.05, 4.69) is 20.9 Å². The van der Waals surface area contributed by atoms with Crippen LogP contribution in [-0.4, -0.2) is 29.4 Å². The Kier molecular flexibility index (Phi) is 4.85. The third-order valence-corrected chi connectivity index (χ3v) is 5.72. The first kappa shape index (κ1) is 18.8. The molecule has 4 amide bonds. The number of benzene rings is 2. The predicted octanol–water partition coefficient (Wildman–Crippen LogP) is 2.58. The summed E-state index contributed by atoms with van der Waals surface area (Å²) >= 11 is 1.24. The highest BCUT2D eigenvalue weighted by Gasteiger charge is 2.50. The van der Waals surface area contributed by atoms with Gasteiger partial charge in [-0.25, -0.2) is 9.78 Å². The maximum Gasteiger partial charge on any atom is 0.322 e. The fourth-order valence-electron chi connectivity index (χ4n) is 3.25. The van der Waals surface area contributed by atoms with Crippen LogP contribution in [0.3, 0.4) is 0 Å². The largest absolute Gasteiger partial charge is 0.349 e. The quantitative estimate of drug-likeness (QED) is 0.567. The second kappa shape index (κ2) is 7.48.